The van der Waals surface area contributed by atoms with Crippen molar-refractivity contribution in [1.82, 2.24) is 19.7 Å². The van der Waals surface area contributed by atoms with Gasteiger partial charge in [0.05, 0.1) is 11.6 Å². The largest absolute Gasteiger partial charge is 0.336 e. The van der Waals surface area contributed by atoms with Gasteiger partial charge in [0.15, 0.2) is 0 Å². The van der Waals surface area contributed by atoms with E-state index in [0.717, 1.165) is 36.9 Å². The van der Waals surface area contributed by atoms with Crippen LogP contribution in [0.25, 0.3) is 0 Å². The van der Waals surface area contributed by atoms with E-state index in [1.165, 1.54) is 0 Å². The Balaban J connectivity index is 1.82. The molecule has 1 fully saturated rings. The highest BCUT2D eigenvalue weighted by Crippen LogP contribution is 2.24. The minimum atomic E-state index is -0.702. The number of hydrogen-bond acceptors (Lipinski definition) is 3. The molecule has 1 saturated heterocycles. The first-order valence-corrected chi connectivity index (χ1v) is 7.60. The molecule has 2 aromatic rings. The first-order valence-electron chi connectivity index (χ1n) is 7.60. The molecule has 122 valence electrons. The van der Waals surface area contributed by atoms with E-state index in [9.17, 15) is 13.6 Å². The number of aromatic nitrogens is 3. The maximum absolute atomic E-state index is 13.8. The van der Waals surface area contributed by atoms with E-state index in [4.69, 9.17) is 0 Å². The van der Waals surface area contributed by atoms with Crippen molar-refractivity contribution in [3.63, 3.8) is 0 Å². The molecule has 7 heteroatoms. The van der Waals surface area contributed by atoms with E-state index >= 15 is 0 Å². The summed E-state index contributed by atoms with van der Waals surface area (Å²) in [5, 5.41) is 4.37. The zero-order valence-corrected chi connectivity index (χ0v) is 13.1. The number of halogens is 2. The van der Waals surface area contributed by atoms with Crippen molar-refractivity contribution in [1.29, 1.82) is 0 Å². The molecule has 0 bridgehead atoms. The predicted octanol–water partition coefficient (Wildman–Crippen LogP) is 2.65. The lowest BCUT2D eigenvalue weighted by Gasteiger charge is -2.33. The zero-order valence-electron chi connectivity index (χ0n) is 13.1. The predicted molar refractivity (Wildman–Crippen MR) is 80.0 cm³/mol. The summed E-state index contributed by atoms with van der Waals surface area (Å²) in [6.45, 7) is 4.63. The van der Waals surface area contributed by atoms with E-state index in [0.29, 0.717) is 18.9 Å². The number of amides is 1. The Morgan fingerprint density at radius 3 is 2.78 bits per heavy atom. The number of piperidine rings is 1. The van der Waals surface area contributed by atoms with Gasteiger partial charge in [-0.25, -0.2) is 18.4 Å². The molecule has 1 aliphatic rings. The van der Waals surface area contributed by atoms with Gasteiger partial charge >= 0.3 is 0 Å². The molecule has 0 radical (unpaired) electrons. The first-order chi connectivity index (χ1) is 11.0. The van der Waals surface area contributed by atoms with Crippen molar-refractivity contribution >= 4 is 5.91 Å². The molecule has 23 heavy (non-hydrogen) atoms. The van der Waals surface area contributed by atoms with Crippen molar-refractivity contribution in [3.8, 4) is 0 Å². The monoisotopic (exact) mass is 320 g/mol. The Hall–Kier alpha value is -2.31. The molecule has 0 unspecified atom stereocenters. The van der Waals surface area contributed by atoms with Crippen LogP contribution in [-0.2, 0) is 0 Å². The second-order valence-corrected chi connectivity index (χ2v) is 5.82. The van der Waals surface area contributed by atoms with Crippen molar-refractivity contribution < 1.29 is 13.6 Å². The SMILES string of the molecule is Cc1nc(C)n([C@@H]2CCCN(C(=O)c3cc(F)ccc3F)C2)n1. The van der Waals surface area contributed by atoms with Gasteiger partial charge in [0.2, 0.25) is 0 Å². The molecule has 1 aromatic heterocycles. The van der Waals surface area contributed by atoms with Gasteiger partial charge in [-0.05, 0) is 44.9 Å². The van der Waals surface area contributed by atoms with Gasteiger partial charge in [-0.15, -0.1) is 0 Å². The second kappa shape index (κ2) is 6.06. The van der Waals surface area contributed by atoms with Crippen LogP contribution >= 0.6 is 0 Å². The molecule has 0 aliphatic carbocycles. The summed E-state index contributed by atoms with van der Waals surface area (Å²) in [7, 11) is 0. The van der Waals surface area contributed by atoms with Crippen molar-refractivity contribution in [3.05, 3.63) is 47.0 Å². The molecule has 0 spiro atoms. The fraction of sp³-hybridized carbons (Fsp3) is 0.438. The second-order valence-electron chi connectivity index (χ2n) is 5.82. The van der Waals surface area contributed by atoms with Crippen LogP contribution < -0.4 is 0 Å². The van der Waals surface area contributed by atoms with Crippen molar-refractivity contribution in [2.75, 3.05) is 13.1 Å². The number of aryl methyl sites for hydroxylation is 2. The van der Waals surface area contributed by atoms with E-state index in [1.54, 1.807) is 4.90 Å². The average molecular weight is 320 g/mol. The molecular weight excluding hydrogens is 302 g/mol. The van der Waals surface area contributed by atoms with Gasteiger partial charge in [-0.2, -0.15) is 5.10 Å². The molecule has 1 atom stereocenters. The van der Waals surface area contributed by atoms with E-state index in [-0.39, 0.29) is 11.6 Å². The van der Waals surface area contributed by atoms with Crippen LogP contribution in [0.1, 0.15) is 40.9 Å². The third-order valence-electron chi connectivity index (χ3n) is 4.10. The fourth-order valence-electron chi connectivity index (χ4n) is 3.05. The highest BCUT2D eigenvalue weighted by molar-refractivity contribution is 5.94. The Morgan fingerprint density at radius 2 is 2.09 bits per heavy atom. The van der Waals surface area contributed by atoms with Crippen LogP contribution in [0.3, 0.4) is 0 Å². The van der Waals surface area contributed by atoms with Gasteiger partial charge in [0.25, 0.3) is 5.91 Å². The zero-order chi connectivity index (χ0) is 16.6. The number of carbonyl (C=O) groups is 1. The van der Waals surface area contributed by atoms with Gasteiger partial charge in [0.1, 0.15) is 23.3 Å². The highest BCUT2D eigenvalue weighted by Gasteiger charge is 2.28. The Morgan fingerprint density at radius 1 is 1.30 bits per heavy atom. The summed E-state index contributed by atoms with van der Waals surface area (Å²) >= 11 is 0. The normalized spacial score (nSPS) is 18.3. The number of nitrogens with zero attached hydrogens (tertiary/aromatic N) is 4. The third kappa shape index (κ3) is 3.09. The van der Waals surface area contributed by atoms with Gasteiger partial charge < -0.3 is 4.90 Å². The van der Waals surface area contributed by atoms with Crippen molar-refractivity contribution in [2.24, 2.45) is 0 Å². The van der Waals surface area contributed by atoms with E-state index in [2.05, 4.69) is 10.1 Å². The van der Waals surface area contributed by atoms with E-state index < -0.39 is 17.5 Å². The molecule has 2 heterocycles. The summed E-state index contributed by atoms with van der Waals surface area (Å²) < 4.78 is 28.9. The molecule has 5 nitrogen and oxygen atoms in total. The lowest BCUT2D eigenvalue weighted by molar-refractivity contribution is 0.0666. The number of rotatable bonds is 2. The quantitative estimate of drug-likeness (QED) is 0.855. The van der Waals surface area contributed by atoms with Crippen LogP contribution in [0.5, 0.6) is 0 Å². The highest BCUT2D eigenvalue weighted by atomic mass is 19.1. The van der Waals surface area contributed by atoms with Crippen molar-refractivity contribution in [2.45, 2.75) is 32.7 Å². The Kier molecular flexibility index (Phi) is 4.11. The molecule has 1 amide bonds. The summed E-state index contributed by atoms with van der Waals surface area (Å²) in [5.41, 5.74) is -0.225. The standard InChI is InChI=1S/C16H18F2N4O/c1-10-19-11(2)22(20-10)13-4-3-7-21(9-13)16(23)14-8-12(17)5-6-15(14)18/h5-6,8,13H,3-4,7,9H2,1-2H3/t13-/m1/s1. The number of hydrogen-bond donors (Lipinski definition) is 0. The van der Waals surface area contributed by atoms with Gasteiger partial charge in [-0.1, -0.05) is 0 Å². The molecule has 0 saturated carbocycles. The fourth-order valence-corrected chi connectivity index (χ4v) is 3.05. The minimum absolute atomic E-state index is 0.00511. The lowest BCUT2D eigenvalue weighted by atomic mass is 10.0. The average Bonchev–Trinajstić information content (AvgIpc) is 2.88. The Labute approximate surface area is 132 Å². The molecule has 1 aliphatic heterocycles. The number of likely N-dealkylation sites (tertiary alicyclic amines) is 1. The Bertz CT molecular complexity index is 744. The lowest BCUT2D eigenvalue weighted by Crippen LogP contribution is -2.41. The third-order valence-corrected chi connectivity index (χ3v) is 4.10. The molecular formula is C16H18F2N4O. The smallest absolute Gasteiger partial charge is 0.257 e. The maximum Gasteiger partial charge on any atom is 0.257 e. The molecule has 3 rings (SSSR count). The summed E-state index contributed by atoms with van der Waals surface area (Å²) in [6.07, 6.45) is 1.66. The van der Waals surface area contributed by atoms with E-state index in [1.807, 2.05) is 18.5 Å². The summed E-state index contributed by atoms with van der Waals surface area (Å²) in [6, 6.07) is 2.94. The van der Waals surface area contributed by atoms with Crippen LogP contribution in [0.15, 0.2) is 18.2 Å². The van der Waals surface area contributed by atoms with Crippen LogP contribution in [0, 0.1) is 25.5 Å². The first kappa shape index (κ1) is 15.6. The maximum atomic E-state index is 13.8. The van der Waals surface area contributed by atoms with Crippen LogP contribution in [0.4, 0.5) is 8.78 Å². The number of carbonyl (C=O) groups excluding carboxylic acids is 1. The van der Waals surface area contributed by atoms with Crippen LogP contribution in [-0.4, -0.2) is 38.7 Å². The number of benzene rings is 1. The summed E-state index contributed by atoms with van der Waals surface area (Å²) in [4.78, 5) is 18.4. The topological polar surface area (TPSA) is 51.0 Å². The minimum Gasteiger partial charge on any atom is -0.336 e. The summed E-state index contributed by atoms with van der Waals surface area (Å²) in [5.74, 6) is -0.334. The van der Waals surface area contributed by atoms with Gasteiger partial charge in [-0.3, -0.25) is 4.79 Å². The van der Waals surface area contributed by atoms with Gasteiger partial charge in [0, 0.05) is 13.1 Å². The molecule has 0 N–H and O–H groups in total. The molecule has 1 aromatic carbocycles. The van der Waals surface area contributed by atoms with Crippen LogP contribution in [0.2, 0.25) is 0 Å².